The Balaban J connectivity index is 4.29. The first-order valence-electron chi connectivity index (χ1n) is 22.9. The summed E-state index contributed by atoms with van der Waals surface area (Å²) in [7, 11) is -4.62. The lowest BCUT2D eigenvalue weighted by Gasteiger charge is -2.20. The Kier molecular flexibility index (Phi) is 41.0. The summed E-state index contributed by atoms with van der Waals surface area (Å²) in [5.41, 5.74) is 0. The van der Waals surface area contributed by atoms with Gasteiger partial charge in [-0.1, -0.05) is 179 Å². The van der Waals surface area contributed by atoms with Crippen molar-refractivity contribution in [3.8, 4) is 0 Å². The minimum Gasteiger partial charge on any atom is -0.462 e. The molecule has 0 fully saturated rings. The van der Waals surface area contributed by atoms with Gasteiger partial charge in [-0.15, -0.1) is 0 Å². The number of aliphatic hydroxyl groups excluding tert-OH is 2. The standard InChI is InChI=1S/C46H85O10P/c1-3-5-7-9-11-13-15-17-19-21-23-25-27-29-31-33-35-37-45(49)53-41-44(42-55-57(51,52)54-40-43(48)39-47)56-46(50)38-36-34-32-30-28-26-24-22-20-18-16-14-12-10-8-6-4-2/h12,14,18,20,24,26,43-44,47-48H,3-11,13,15-17,19,21-23,25,27-42H2,1-2H3,(H,51,52)/b14-12-,20-18-,26-24-/t43-,44+/m0/s1. The Morgan fingerprint density at radius 1 is 0.526 bits per heavy atom. The molecule has 0 saturated carbocycles. The van der Waals surface area contributed by atoms with E-state index >= 15 is 0 Å². The van der Waals surface area contributed by atoms with Gasteiger partial charge in [-0.05, 0) is 51.4 Å². The number of hydrogen-bond donors (Lipinski definition) is 3. The van der Waals surface area contributed by atoms with Gasteiger partial charge in [-0.25, -0.2) is 4.57 Å². The van der Waals surface area contributed by atoms with E-state index in [1.807, 2.05) is 0 Å². The number of aliphatic hydroxyl groups is 2. The summed E-state index contributed by atoms with van der Waals surface area (Å²) in [6.45, 7) is 2.35. The molecule has 10 nitrogen and oxygen atoms in total. The first kappa shape index (κ1) is 55.2. The maximum absolute atomic E-state index is 12.6. The zero-order chi connectivity index (χ0) is 41.9. The van der Waals surface area contributed by atoms with Crippen molar-refractivity contribution in [2.45, 2.75) is 219 Å². The number of carbonyl (C=O) groups excluding carboxylic acids is 2. The molecule has 0 amide bonds. The van der Waals surface area contributed by atoms with Crippen molar-refractivity contribution in [2.24, 2.45) is 0 Å². The summed E-state index contributed by atoms with van der Waals surface area (Å²) in [4.78, 5) is 35.0. The monoisotopic (exact) mass is 829 g/mol. The van der Waals surface area contributed by atoms with Crippen molar-refractivity contribution in [2.75, 3.05) is 26.4 Å². The highest BCUT2D eigenvalue weighted by atomic mass is 31.2. The van der Waals surface area contributed by atoms with Crippen molar-refractivity contribution in [1.29, 1.82) is 0 Å². The van der Waals surface area contributed by atoms with Crippen molar-refractivity contribution in [3.05, 3.63) is 36.5 Å². The number of esters is 2. The average Bonchev–Trinajstić information content (AvgIpc) is 3.20. The summed E-state index contributed by atoms with van der Waals surface area (Å²) in [6.07, 6.45) is 43.9. The number of ether oxygens (including phenoxy) is 2. The van der Waals surface area contributed by atoms with Gasteiger partial charge in [0.15, 0.2) is 6.10 Å². The lowest BCUT2D eigenvalue weighted by atomic mass is 10.0. The van der Waals surface area contributed by atoms with E-state index in [-0.39, 0.29) is 19.4 Å². The lowest BCUT2D eigenvalue weighted by molar-refractivity contribution is -0.161. The first-order chi connectivity index (χ1) is 27.7. The van der Waals surface area contributed by atoms with Gasteiger partial charge in [0.05, 0.1) is 19.8 Å². The molecule has 1 unspecified atom stereocenters. The molecule has 11 heteroatoms. The van der Waals surface area contributed by atoms with Crippen LogP contribution in [-0.2, 0) is 32.7 Å². The fourth-order valence-corrected chi connectivity index (χ4v) is 7.03. The van der Waals surface area contributed by atoms with Gasteiger partial charge in [0.2, 0.25) is 0 Å². The van der Waals surface area contributed by atoms with Gasteiger partial charge in [-0.3, -0.25) is 18.6 Å². The van der Waals surface area contributed by atoms with Crippen LogP contribution in [0.25, 0.3) is 0 Å². The minimum absolute atomic E-state index is 0.160. The fraction of sp³-hybridized carbons (Fsp3) is 0.826. The molecule has 0 heterocycles. The molecule has 0 radical (unpaired) electrons. The molecular formula is C46H85O10P. The quantitative estimate of drug-likeness (QED) is 0.0235. The molecular weight excluding hydrogens is 743 g/mol. The van der Waals surface area contributed by atoms with Crippen LogP contribution in [0.3, 0.4) is 0 Å². The maximum atomic E-state index is 12.6. The molecule has 0 aliphatic heterocycles. The highest BCUT2D eigenvalue weighted by Gasteiger charge is 2.27. The molecule has 0 aromatic carbocycles. The number of hydrogen-bond acceptors (Lipinski definition) is 9. The third kappa shape index (κ3) is 42.1. The molecule has 3 atom stereocenters. The molecule has 0 aliphatic carbocycles. The van der Waals surface area contributed by atoms with E-state index < -0.39 is 51.8 Å². The zero-order valence-corrected chi connectivity index (χ0v) is 37.2. The number of phosphoric ester groups is 1. The molecule has 3 N–H and O–H groups in total. The fourth-order valence-electron chi connectivity index (χ4n) is 6.24. The van der Waals surface area contributed by atoms with E-state index in [1.165, 1.54) is 109 Å². The van der Waals surface area contributed by atoms with Crippen LogP contribution < -0.4 is 0 Å². The predicted molar refractivity (Wildman–Crippen MR) is 233 cm³/mol. The average molecular weight is 829 g/mol. The summed E-state index contributed by atoms with van der Waals surface area (Å²) >= 11 is 0. The van der Waals surface area contributed by atoms with Gasteiger partial charge in [-0.2, -0.15) is 0 Å². The van der Waals surface area contributed by atoms with E-state index in [0.29, 0.717) is 12.8 Å². The van der Waals surface area contributed by atoms with Crippen LogP contribution in [0.15, 0.2) is 36.5 Å². The van der Waals surface area contributed by atoms with Crippen LogP contribution in [0.5, 0.6) is 0 Å². The summed E-state index contributed by atoms with van der Waals surface area (Å²) in [5.74, 6) is -0.943. The second kappa shape index (κ2) is 42.3. The van der Waals surface area contributed by atoms with Crippen molar-refractivity contribution >= 4 is 19.8 Å². The summed E-state index contributed by atoms with van der Waals surface area (Å²) in [6, 6.07) is 0. The molecule has 0 aliphatic rings. The Labute approximate surface area is 348 Å². The van der Waals surface area contributed by atoms with Crippen LogP contribution >= 0.6 is 7.82 Å². The Morgan fingerprint density at radius 2 is 0.912 bits per heavy atom. The van der Waals surface area contributed by atoms with E-state index in [2.05, 4.69) is 50.3 Å². The van der Waals surface area contributed by atoms with Crippen molar-refractivity contribution in [3.63, 3.8) is 0 Å². The molecule has 0 aromatic heterocycles. The second-order valence-corrected chi connectivity index (χ2v) is 16.9. The molecule has 0 saturated heterocycles. The van der Waals surface area contributed by atoms with Crippen LogP contribution in [0.1, 0.15) is 206 Å². The third-order valence-corrected chi connectivity index (χ3v) is 10.7. The SMILES string of the molecule is CCCCC/C=C\C/C=C\C/C=C\CCCCCCC(=O)O[C@H](COC(=O)CCCCCCCCCCCCCCCCCCC)COP(=O)(O)OC[C@@H](O)CO. The van der Waals surface area contributed by atoms with Gasteiger partial charge >= 0.3 is 19.8 Å². The zero-order valence-electron chi connectivity index (χ0n) is 36.3. The van der Waals surface area contributed by atoms with E-state index in [9.17, 15) is 24.2 Å². The van der Waals surface area contributed by atoms with Crippen molar-refractivity contribution < 1.29 is 47.8 Å². The number of phosphoric acid groups is 1. The van der Waals surface area contributed by atoms with Gasteiger partial charge < -0.3 is 24.6 Å². The van der Waals surface area contributed by atoms with Gasteiger partial charge in [0.1, 0.15) is 12.7 Å². The third-order valence-electron chi connectivity index (χ3n) is 9.80. The molecule has 334 valence electrons. The van der Waals surface area contributed by atoms with Gasteiger partial charge in [0.25, 0.3) is 0 Å². The molecule has 57 heavy (non-hydrogen) atoms. The first-order valence-corrected chi connectivity index (χ1v) is 24.4. The maximum Gasteiger partial charge on any atom is 0.472 e. The molecule has 0 bridgehead atoms. The van der Waals surface area contributed by atoms with Crippen LogP contribution in [-0.4, -0.2) is 65.7 Å². The lowest BCUT2D eigenvalue weighted by Crippen LogP contribution is -2.29. The second-order valence-electron chi connectivity index (χ2n) is 15.4. The Hall–Kier alpha value is -1.81. The van der Waals surface area contributed by atoms with E-state index in [1.54, 1.807) is 0 Å². The number of allylic oxidation sites excluding steroid dienone is 6. The normalized spacial score (nSPS) is 14.1. The minimum atomic E-state index is -4.62. The van der Waals surface area contributed by atoms with Crippen LogP contribution in [0, 0.1) is 0 Å². The number of carbonyl (C=O) groups is 2. The summed E-state index contributed by atoms with van der Waals surface area (Å²) in [5, 5.41) is 18.3. The predicted octanol–water partition coefficient (Wildman–Crippen LogP) is 12.3. The Morgan fingerprint density at radius 3 is 1.40 bits per heavy atom. The van der Waals surface area contributed by atoms with E-state index in [0.717, 1.165) is 57.8 Å². The van der Waals surface area contributed by atoms with E-state index in [4.69, 9.17) is 23.6 Å². The summed E-state index contributed by atoms with van der Waals surface area (Å²) < 4.78 is 32.7. The van der Waals surface area contributed by atoms with Gasteiger partial charge in [0, 0.05) is 12.8 Å². The van der Waals surface area contributed by atoms with Crippen LogP contribution in [0.2, 0.25) is 0 Å². The highest BCUT2D eigenvalue weighted by molar-refractivity contribution is 7.47. The topological polar surface area (TPSA) is 149 Å². The molecule has 0 aromatic rings. The smallest absolute Gasteiger partial charge is 0.462 e. The molecule has 0 rings (SSSR count). The molecule has 0 spiro atoms. The number of rotatable bonds is 43. The Bertz CT molecular complexity index is 1050. The number of unbranched alkanes of at least 4 members (excludes halogenated alkanes) is 23. The van der Waals surface area contributed by atoms with Crippen molar-refractivity contribution in [1.82, 2.24) is 0 Å². The highest BCUT2D eigenvalue weighted by Crippen LogP contribution is 2.43. The van der Waals surface area contributed by atoms with Crippen LogP contribution in [0.4, 0.5) is 0 Å². The largest absolute Gasteiger partial charge is 0.472 e.